The van der Waals surface area contributed by atoms with Gasteiger partial charge < -0.3 is 5.11 Å². The molecule has 0 spiro atoms. The van der Waals surface area contributed by atoms with Crippen LogP contribution in [0.15, 0.2) is 30.3 Å². The highest BCUT2D eigenvalue weighted by Crippen LogP contribution is 2.56. The van der Waals surface area contributed by atoms with E-state index in [1.807, 2.05) is 12.1 Å². The Balaban J connectivity index is 1.93. The van der Waals surface area contributed by atoms with Crippen LogP contribution in [0.3, 0.4) is 0 Å². The van der Waals surface area contributed by atoms with Gasteiger partial charge in [-0.05, 0) is 65.6 Å². The average Bonchev–Trinajstić information content (AvgIpc) is 2.84. The van der Waals surface area contributed by atoms with Crippen LogP contribution >= 0.6 is 0 Å². The Morgan fingerprint density at radius 2 is 2.10 bits per heavy atom. The van der Waals surface area contributed by atoms with Gasteiger partial charge in [0.1, 0.15) is 11.5 Å². The summed E-state index contributed by atoms with van der Waals surface area (Å²) in [6.45, 7) is 2.17. The van der Waals surface area contributed by atoms with Crippen molar-refractivity contribution in [3.8, 4) is 5.75 Å². The molecule has 0 heterocycles. The van der Waals surface area contributed by atoms with E-state index in [0.29, 0.717) is 17.5 Å². The molecule has 2 aliphatic rings. The van der Waals surface area contributed by atoms with Crippen LogP contribution in [-0.4, -0.2) is 10.9 Å². The summed E-state index contributed by atoms with van der Waals surface area (Å²) in [5.41, 5.74) is 2.68. The highest BCUT2D eigenvalue weighted by Gasteiger charge is 2.51. The highest BCUT2D eigenvalue weighted by atomic mass is 16.3. The van der Waals surface area contributed by atoms with Crippen molar-refractivity contribution in [2.45, 2.75) is 44.9 Å². The van der Waals surface area contributed by atoms with E-state index >= 15 is 0 Å². The lowest BCUT2D eigenvalue weighted by atomic mass is 9.63. The number of carbonyl (C=O) groups excluding carboxylic acids is 1. The van der Waals surface area contributed by atoms with E-state index in [0.717, 1.165) is 37.5 Å². The molecule has 0 bridgehead atoms. The fraction of sp³-hybridized carbons (Fsp3) is 0.421. The van der Waals surface area contributed by atoms with E-state index in [2.05, 4.69) is 19.1 Å². The zero-order chi connectivity index (χ0) is 14.6. The Kier molecular flexibility index (Phi) is 2.66. The van der Waals surface area contributed by atoms with Crippen molar-refractivity contribution in [2.24, 2.45) is 5.41 Å². The third-order valence-corrected chi connectivity index (χ3v) is 5.86. The number of ketones is 1. The SMILES string of the molecule is CC[C@]12CCc3c(ccc4cc(O)ccc34)[C@@H]1CCC2=O. The first-order valence-corrected chi connectivity index (χ1v) is 7.93. The lowest BCUT2D eigenvalue weighted by Crippen LogP contribution is -2.34. The summed E-state index contributed by atoms with van der Waals surface area (Å²) in [5, 5.41) is 12.0. The van der Waals surface area contributed by atoms with E-state index in [9.17, 15) is 9.90 Å². The molecule has 2 aromatic carbocycles. The van der Waals surface area contributed by atoms with E-state index in [1.165, 1.54) is 16.5 Å². The quantitative estimate of drug-likeness (QED) is 0.844. The third-order valence-electron chi connectivity index (χ3n) is 5.86. The summed E-state index contributed by atoms with van der Waals surface area (Å²) in [5.74, 6) is 1.20. The van der Waals surface area contributed by atoms with Gasteiger partial charge in [-0.25, -0.2) is 0 Å². The fourth-order valence-corrected chi connectivity index (χ4v) is 4.73. The number of benzene rings is 2. The van der Waals surface area contributed by atoms with Gasteiger partial charge in [-0.1, -0.05) is 25.1 Å². The molecule has 0 unspecified atom stereocenters. The van der Waals surface area contributed by atoms with Crippen LogP contribution in [0.1, 0.15) is 49.7 Å². The number of rotatable bonds is 1. The molecule has 1 fully saturated rings. The van der Waals surface area contributed by atoms with Crippen molar-refractivity contribution >= 4 is 16.6 Å². The van der Waals surface area contributed by atoms with Gasteiger partial charge in [0.05, 0.1) is 0 Å². The molecule has 2 atom stereocenters. The number of aromatic hydroxyl groups is 1. The van der Waals surface area contributed by atoms with E-state index < -0.39 is 0 Å². The first-order valence-electron chi connectivity index (χ1n) is 7.93. The molecular weight excluding hydrogens is 260 g/mol. The van der Waals surface area contributed by atoms with Crippen molar-refractivity contribution in [1.82, 2.24) is 0 Å². The van der Waals surface area contributed by atoms with Gasteiger partial charge in [-0.15, -0.1) is 0 Å². The summed E-state index contributed by atoms with van der Waals surface area (Å²) in [7, 11) is 0. The second-order valence-electron chi connectivity index (χ2n) is 6.56. The van der Waals surface area contributed by atoms with Crippen LogP contribution in [0.5, 0.6) is 5.75 Å². The van der Waals surface area contributed by atoms with Crippen LogP contribution in [0, 0.1) is 5.41 Å². The van der Waals surface area contributed by atoms with Crippen molar-refractivity contribution < 1.29 is 9.90 Å². The molecular formula is C19H20O2. The number of fused-ring (bicyclic) bond motifs is 5. The number of hydrogen-bond donors (Lipinski definition) is 1. The first kappa shape index (κ1) is 12.9. The molecule has 21 heavy (non-hydrogen) atoms. The topological polar surface area (TPSA) is 37.3 Å². The summed E-state index contributed by atoms with van der Waals surface area (Å²) in [4.78, 5) is 12.4. The van der Waals surface area contributed by atoms with Gasteiger partial charge in [0.2, 0.25) is 0 Å². The minimum absolute atomic E-state index is 0.0996. The van der Waals surface area contributed by atoms with Crippen LogP contribution in [-0.2, 0) is 11.2 Å². The summed E-state index contributed by atoms with van der Waals surface area (Å²) in [6, 6.07) is 9.92. The Morgan fingerprint density at radius 1 is 1.24 bits per heavy atom. The Labute approximate surface area is 124 Å². The molecule has 0 aromatic heterocycles. The minimum Gasteiger partial charge on any atom is -0.508 e. The number of Topliss-reactive ketones (excluding diaryl/α,β-unsaturated/α-hetero) is 1. The normalized spacial score (nSPS) is 27.7. The lowest BCUT2D eigenvalue weighted by molar-refractivity contribution is -0.127. The number of phenolic OH excluding ortho intramolecular Hbond substituents is 1. The molecule has 0 saturated heterocycles. The molecule has 2 nitrogen and oxygen atoms in total. The molecule has 4 rings (SSSR count). The molecule has 1 saturated carbocycles. The summed E-state index contributed by atoms with van der Waals surface area (Å²) < 4.78 is 0. The predicted molar refractivity (Wildman–Crippen MR) is 83.6 cm³/mol. The lowest BCUT2D eigenvalue weighted by Gasteiger charge is -2.39. The second kappa shape index (κ2) is 4.33. The smallest absolute Gasteiger partial charge is 0.139 e. The molecule has 1 N–H and O–H groups in total. The van der Waals surface area contributed by atoms with Gasteiger partial charge in [0.25, 0.3) is 0 Å². The fourth-order valence-electron chi connectivity index (χ4n) is 4.73. The maximum atomic E-state index is 12.4. The largest absolute Gasteiger partial charge is 0.508 e. The van der Waals surface area contributed by atoms with Gasteiger partial charge in [0, 0.05) is 11.8 Å². The van der Waals surface area contributed by atoms with E-state index in [-0.39, 0.29) is 5.41 Å². The van der Waals surface area contributed by atoms with Gasteiger partial charge in [-0.3, -0.25) is 4.79 Å². The van der Waals surface area contributed by atoms with Crippen LogP contribution in [0.25, 0.3) is 10.8 Å². The number of aryl methyl sites for hydroxylation is 1. The third kappa shape index (κ3) is 1.62. The molecule has 0 radical (unpaired) electrons. The van der Waals surface area contributed by atoms with Crippen molar-refractivity contribution in [3.63, 3.8) is 0 Å². The van der Waals surface area contributed by atoms with E-state index in [4.69, 9.17) is 0 Å². The molecule has 2 aromatic rings. The Bertz CT molecular complexity index is 747. The zero-order valence-electron chi connectivity index (χ0n) is 12.4. The monoisotopic (exact) mass is 280 g/mol. The van der Waals surface area contributed by atoms with Crippen molar-refractivity contribution in [1.29, 1.82) is 0 Å². The maximum absolute atomic E-state index is 12.4. The van der Waals surface area contributed by atoms with Crippen LogP contribution in [0.4, 0.5) is 0 Å². The van der Waals surface area contributed by atoms with Crippen LogP contribution in [0.2, 0.25) is 0 Å². The van der Waals surface area contributed by atoms with Crippen LogP contribution < -0.4 is 0 Å². The highest BCUT2D eigenvalue weighted by molar-refractivity contribution is 5.92. The molecule has 2 heteroatoms. The summed E-state index contributed by atoms with van der Waals surface area (Å²) >= 11 is 0. The second-order valence-corrected chi connectivity index (χ2v) is 6.56. The zero-order valence-corrected chi connectivity index (χ0v) is 12.4. The molecule has 0 aliphatic heterocycles. The van der Waals surface area contributed by atoms with E-state index in [1.54, 1.807) is 6.07 Å². The Morgan fingerprint density at radius 3 is 2.90 bits per heavy atom. The van der Waals surface area contributed by atoms with Gasteiger partial charge >= 0.3 is 0 Å². The number of carbonyl (C=O) groups is 1. The van der Waals surface area contributed by atoms with Crippen molar-refractivity contribution in [3.05, 3.63) is 41.5 Å². The average molecular weight is 280 g/mol. The molecule has 2 aliphatic carbocycles. The van der Waals surface area contributed by atoms with Gasteiger partial charge in [-0.2, -0.15) is 0 Å². The first-order chi connectivity index (χ1) is 10.2. The molecule has 108 valence electrons. The predicted octanol–water partition coefficient (Wildman–Crippen LogP) is 4.33. The number of phenols is 1. The summed E-state index contributed by atoms with van der Waals surface area (Å²) in [6.07, 6.45) is 4.67. The Hall–Kier alpha value is -1.83. The van der Waals surface area contributed by atoms with Gasteiger partial charge in [0.15, 0.2) is 0 Å². The van der Waals surface area contributed by atoms with Crippen molar-refractivity contribution in [2.75, 3.05) is 0 Å². The minimum atomic E-state index is -0.0996. The maximum Gasteiger partial charge on any atom is 0.139 e. The molecule has 0 amide bonds. The standard InChI is InChI=1S/C19H20O2/c1-2-19-10-9-15-14-6-4-13(20)11-12(14)3-5-16(15)17(19)7-8-18(19)21/h3-6,11,17,20H,2,7-10H2,1H3/t17-,19-/m0/s1. The number of hydrogen-bond acceptors (Lipinski definition) is 2.